The van der Waals surface area contributed by atoms with Gasteiger partial charge in [0.25, 0.3) is 0 Å². The molecule has 13 heteroatoms. The summed E-state index contributed by atoms with van der Waals surface area (Å²) in [5, 5.41) is 27.1. The second-order valence-electron chi connectivity index (χ2n) is 10.2. The topological polar surface area (TPSA) is 230 Å². The van der Waals surface area contributed by atoms with Crippen LogP contribution < -0.4 is 27.4 Å². The summed E-state index contributed by atoms with van der Waals surface area (Å²) in [6, 6.07) is 2.54. The van der Waals surface area contributed by atoms with Crippen LogP contribution in [0.5, 0.6) is 0 Å². The molecule has 2 rings (SSSR count). The van der Waals surface area contributed by atoms with Crippen molar-refractivity contribution in [2.45, 2.75) is 76.5 Å². The van der Waals surface area contributed by atoms with Crippen molar-refractivity contribution in [1.82, 2.24) is 20.9 Å². The highest BCUT2D eigenvalue weighted by atomic mass is 16.4. The normalized spacial score (nSPS) is 14.2. The first-order valence-electron chi connectivity index (χ1n) is 13.3. The fourth-order valence-corrected chi connectivity index (χ4v) is 4.29. The molecule has 13 nitrogen and oxygen atoms in total. The molecule has 3 amide bonds. The number of fused-ring (bicyclic) bond motifs is 1. The van der Waals surface area contributed by atoms with Crippen molar-refractivity contribution >= 4 is 40.6 Å². The van der Waals surface area contributed by atoms with Gasteiger partial charge in [0.2, 0.25) is 17.7 Å². The number of carboxylic acids is 2. The molecule has 0 saturated carbocycles. The van der Waals surface area contributed by atoms with Gasteiger partial charge in [-0.05, 0) is 49.8 Å². The summed E-state index contributed by atoms with van der Waals surface area (Å²) in [5.74, 6) is -4.70. The summed E-state index contributed by atoms with van der Waals surface area (Å²) in [7, 11) is 0. The van der Waals surface area contributed by atoms with E-state index in [0.29, 0.717) is 24.9 Å². The molecule has 0 fully saturated rings. The van der Waals surface area contributed by atoms with Gasteiger partial charge in [0.1, 0.15) is 18.1 Å². The molecule has 0 aliphatic carbocycles. The maximum absolute atomic E-state index is 13.5. The van der Waals surface area contributed by atoms with Crippen molar-refractivity contribution in [1.29, 1.82) is 0 Å². The van der Waals surface area contributed by atoms with Gasteiger partial charge in [0, 0.05) is 23.5 Å². The molecule has 4 unspecified atom stereocenters. The number of hydrogen-bond acceptors (Lipinski definition) is 7. The molecule has 0 spiro atoms. The molecular weight excluding hydrogens is 520 g/mol. The highest BCUT2D eigenvalue weighted by Crippen LogP contribution is 2.19. The van der Waals surface area contributed by atoms with Crippen LogP contribution in [-0.2, 0) is 30.4 Å². The van der Waals surface area contributed by atoms with E-state index < -0.39 is 60.2 Å². The van der Waals surface area contributed by atoms with E-state index in [4.69, 9.17) is 16.6 Å². The molecule has 1 aromatic carbocycles. The number of hydrogen-bond donors (Lipinski definition) is 8. The zero-order valence-corrected chi connectivity index (χ0v) is 22.8. The number of aromatic amines is 1. The zero-order chi connectivity index (χ0) is 29.8. The third-order valence-electron chi connectivity index (χ3n) is 6.36. The molecule has 4 atom stereocenters. The molecule has 10 N–H and O–H groups in total. The van der Waals surface area contributed by atoms with Crippen LogP contribution in [0.4, 0.5) is 0 Å². The quantitative estimate of drug-likeness (QED) is 0.124. The van der Waals surface area contributed by atoms with Crippen molar-refractivity contribution in [2.24, 2.45) is 17.4 Å². The molecular formula is C27H40N6O7. The van der Waals surface area contributed by atoms with Crippen LogP contribution in [0.3, 0.4) is 0 Å². The van der Waals surface area contributed by atoms with Crippen molar-refractivity contribution in [2.75, 3.05) is 6.54 Å². The Morgan fingerprint density at radius 2 is 1.52 bits per heavy atom. The minimum absolute atomic E-state index is 0.0221. The molecule has 0 bridgehead atoms. The molecule has 1 aromatic heterocycles. The van der Waals surface area contributed by atoms with Crippen LogP contribution in [0.1, 0.15) is 51.5 Å². The Morgan fingerprint density at radius 3 is 2.15 bits per heavy atom. The highest BCUT2D eigenvalue weighted by Gasteiger charge is 2.31. The lowest BCUT2D eigenvalue weighted by Crippen LogP contribution is -2.58. The van der Waals surface area contributed by atoms with Gasteiger partial charge in [0.15, 0.2) is 0 Å². The third-order valence-corrected chi connectivity index (χ3v) is 6.36. The number of carbonyl (C=O) groups excluding carboxylic acids is 3. The molecule has 220 valence electrons. The number of nitrogens with one attached hydrogen (secondary N) is 4. The van der Waals surface area contributed by atoms with Crippen LogP contribution in [0.25, 0.3) is 10.9 Å². The predicted octanol–water partition coefficient (Wildman–Crippen LogP) is 0.227. The number of unbranched alkanes of at least 4 members (excludes halogenated alkanes) is 1. The fourth-order valence-electron chi connectivity index (χ4n) is 4.29. The van der Waals surface area contributed by atoms with Crippen molar-refractivity contribution < 1.29 is 34.2 Å². The summed E-state index contributed by atoms with van der Waals surface area (Å²) in [5.41, 5.74) is 12.7. The molecule has 0 aliphatic heterocycles. The van der Waals surface area contributed by atoms with E-state index in [1.54, 1.807) is 6.20 Å². The van der Waals surface area contributed by atoms with E-state index in [1.165, 1.54) is 0 Å². The number of benzene rings is 1. The van der Waals surface area contributed by atoms with Gasteiger partial charge >= 0.3 is 11.9 Å². The van der Waals surface area contributed by atoms with Crippen molar-refractivity contribution in [3.05, 3.63) is 36.0 Å². The number of nitrogens with two attached hydrogens (primary N) is 2. The van der Waals surface area contributed by atoms with Gasteiger partial charge in [-0.1, -0.05) is 32.0 Å². The summed E-state index contributed by atoms with van der Waals surface area (Å²) in [6.07, 6.45) is 2.58. The molecule has 40 heavy (non-hydrogen) atoms. The Labute approximate surface area is 232 Å². The number of aromatic nitrogens is 1. The fraction of sp³-hybridized carbons (Fsp3) is 0.519. The zero-order valence-electron chi connectivity index (χ0n) is 22.8. The Morgan fingerprint density at radius 1 is 0.900 bits per heavy atom. The average molecular weight is 561 g/mol. The number of amides is 3. The average Bonchev–Trinajstić information content (AvgIpc) is 3.29. The third kappa shape index (κ3) is 9.97. The molecule has 1 heterocycles. The van der Waals surface area contributed by atoms with Gasteiger partial charge in [-0.3, -0.25) is 19.2 Å². The second-order valence-corrected chi connectivity index (χ2v) is 10.2. The number of carboxylic acid groups (broad SMARTS) is 2. The van der Waals surface area contributed by atoms with E-state index in [-0.39, 0.29) is 25.2 Å². The van der Waals surface area contributed by atoms with E-state index in [1.807, 2.05) is 38.1 Å². The summed E-state index contributed by atoms with van der Waals surface area (Å²) >= 11 is 0. The smallest absolute Gasteiger partial charge is 0.326 e. The lowest BCUT2D eigenvalue weighted by atomic mass is 10.00. The molecule has 0 saturated heterocycles. The van der Waals surface area contributed by atoms with E-state index in [0.717, 1.165) is 10.9 Å². The van der Waals surface area contributed by atoms with E-state index in [2.05, 4.69) is 20.9 Å². The van der Waals surface area contributed by atoms with Gasteiger partial charge in [-0.15, -0.1) is 0 Å². The number of aliphatic carboxylic acids is 2. The van der Waals surface area contributed by atoms with Gasteiger partial charge < -0.3 is 42.6 Å². The van der Waals surface area contributed by atoms with Crippen molar-refractivity contribution in [3.63, 3.8) is 0 Å². The largest absolute Gasteiger partial charge is 0.481 e. The summed E-state index contributed by atoms with van der Waals surface area (Å²) in [6.45, 7) is 4.09. The van der Waals surface area contributed by atoms with Crippen LogP contribution >= 0.6 is 0 Å². The Hall–Kier alpha value is -3.97. The summed E-state index contributed by atoms with van der Waals surface area (Å²) < 4.78 is 0. The SMILES string of the molecule is CC(C)CC(NC(=O)C(Cc1c[nH]c2ccccc12)NC(=O)C(N)CC(=O)O)C(=O)NC(CCCCN)C(=O)O. The minimum atomic E-state index is -1.39. The molecule has 2 aromatic rings. The first-order valence-corrected chi connectivity index (χ1v) is 13.3. The van der Waals surface area contributed by atoms with Crippen LogP contribution in [0, 0.1) is 5.92 Å². The van der Waals surface area contributed by atoms with E-state index >= 15 is 0 Å². The first-order chi connectivity index (χ1) is 18.9. The summed E-state index contributed by atoms with van der Waals surface area (Å²) in [4.78, 5) is 65.2. The van der Waals surface area contributed by atoms with Crippen LogP contribution in [0.2, 0.25) is 0 Å². The minimum Gasteiger partial charge on any atom is -0.481 e. The number of rotatable bonds is 17. The maximum Gasteiger partial charge on any atom is 0.326 e. The predicted molar refractivity (Wildman–Crippen MR) is 148 cm³/mol. The monoisotopic (exact) mass is 560 g/mol. The second kappa shape index (κ2) is 15.6. The Balaban J connectivity index is 2.28. The van der Waals surface area contributed by atoms with Crippen LogP contribution in [0.15, 0.2) is 30.5 Å². The number of H-pyrrole nitrogens is 1. The molecule has 0 aliphatic rings. The van der Waals surface area contributed by atoms with Gasteiger partial charge in [-0.2, -0.15) is 0 Å². The van der Waals surface area contributed by atoms with Crippen LogP contribution in [-0.4, -0.2) is 75.6 Å². The number of para-hydroxylation sites is 1. The maximum atomic E-state index is 13.5. The first kappa shape index (κ1) is 32.2. The highest BCUT2D eigenvalue weighted by molar-refractivity contribution is 5.95. The number of carbonyl (C=O) groups is 5. The lowest BCUT2D eigenvalue weighted by molar-refractivity contribution is -0.142. The van der Waals surface area contributed by atoms with Crippen molar-refractivity contribution in [3.8, 4) is 0 Å². The Bertz CT molecular complexity index is 1180. The van der Waals surface area contributed by atoms with Gasteiger partial charge in [0.05, 0.1) is 12.5 Å². The van der Waals surface area contributed by atoms with Gasteiger partial charge in [-0.25, -0.2) is 4.79 Å². The lowest BCUT2D eigenvalue weighted by Gasteiger charge is -2.26. The molecule has 0 radical (unpaired) electrons. The van der Waals surface area contributed by atoms with E-state index in [9.17, 15) is 29.1 Å². The Kier molecular flexibility index (Phi) is 12.6. The standard InChI is InChI=1S/C27H40N6O7/c1-15(2)11-21(25(37)31-20(27(39)40)9-5-6-10-28)33-26(38)22(32-24(36)18(29)13-23(34)35)12-16-14-30-19-8-4-3-7-17(16)19/h3-4,7-8,14-15,18,20-22,30H,5-6,9-13,28-29H2,1-2H3,(H,31,37)(H,32,36)(H,33,38)(H,34,35)(H,39,40).